The number of hydrogen-bond donors (Lipinski definition) is 2. The average Bonchev–Trinajstić information content (AvgIpc) is 2.77. The topological polar surface area (TPSA) is 114 Å². The molecule has 2 heterocycles. The lowest BCUT2D eigenvalue weighted by Gasteiger charge is -2.34. The second-order valence-electron chi connectivity index (χ2n) is 7.75. The number of aryl methyl sites for hydroxylation is 1. The predicted octanol–water partition coefficient (Wildman–Crippen LogP) is 3.15. The summed E-state index contributed by atoms with van der Waals surface area (Å²) in [5, 5.41) is 3.42. The van der Waals surface area contributed by atoms with Crippen LogP contribution < -0.4 is 16.7 Å². The summed E-state index contributed by atoms with van der Waals surface area (Å²) in [5.41, 5.74) is 6.91. The molecule has 0 aliphatic heterocycles. The Morgan fingerprint density at radius 3 is 2.68 bits per heavy atom. The minimum absolute atomic E-state index is 0.0140. The molecule has 3 rings (SSSR count). The standard InChI is InChI=1S/C23H29N5O3/c1-5-23(4,21(30)28(6-2)14-12-16-9-7-8-13-25-16)27-22-26-18-11-10-17(24)15(3)19(18)20(29)31-22/h7-11,13H,5-6,12,14,24H2,1-4H3,(H,26,27). The minimum Gasteiger partial charge on any atom is -0.398 e. The molecule has 0 radical (unpaired) electrons. The first kappa shape index (κ1) is 22.3. The van der Waals surface area contributed by atoms with E-state index in [1.165, 1.54) is 0 Å². The predicted molar refractivity (Wildman–Crippen MR) is 122 cm³/mol. The number of pyridine rings is 1. The lowest BCUT2D eigenvalue weighted by Crippen LogP contribution is -2.52. The van der Waals surface area contributed by atoms with Crippen molar-refractivity contribution in [1.29, 1.82) is 0 Å². The van der Waals surface area contributed by atoms with E-state index >= 15 is 0 Å². The van der Waals surface area contributed by atoms with Crippen LogP contribution in [0.25, 0.3) is 10.9 Å². The van der Waals surface area contributed by atoms with Crippen molar-refractivity contribution >= 4 is 28.5 Å². The SMILES string of the molecule is CCN(CCc1ccccn1)C(=O)C(C)(CC)Nc1nc2ccc(N)c(C)c2c(=O)o1. The van der Waals surface area contributed by atoms with Crippen molar-refractivity contribution in [3.8, 4) is 0 Å². The second-order valence-corrected chi connectivity index (χ2v) is 7.75. The number of nitrogens with two attached hydrogens (primary N) is 1. The zero-order chi connectivity index (χ0) is 22.6. The summed E-state index contributed by atoms with van der Waals surface area (Å²) >= 11 is 0. The molecular formula is C23H29N5O3. The molecule has 0 aliphatic rings. The van der Waals surface area contributed by atoms with Crippen molar-refractivity contribution in [2.24, 2.45) is 0 Å². The highest BCUT2D eigenvalue weighted by Gasteiger charge is 2.36. The zero-order valence-electron chi connectivity index (χ0n) is 18.4. The number of anilines is 2. The minimum atomic E-state index is -0.987. The van der Waals surface area contributed by atoms with Crippen LogP contribution in [0.15, 0.2) is 45.7 Å². The van der Waals surface area contributed by atoms with Crippen LogP contribution >= 0.6 is 0 Å². The normalized spacial score (nSPS) is 13.0. The van der Waals surface area contributed by atoms with E-state index in [4.69, 9.17) is 10.2 Å². The fraction of sp³-hybridized carbons (Fsp3) is 0.391. The van der Waals surface area contributed by atoms with Crippen LogP contribution in [-0.4, -0.2) is 39.4 Å². The van der Waals surface area contributed by atoms with Crippen LogP contribution in [0.3, 0.4) is 0 Å². The van der Waals surface area contributed by atoms with Gasteiger partial charge in [-0.05, 0) is 57.0 Å². The maximum absolute atomic E-state index is 13.4. The Morgan fingerprint density at radius 1 is 1.26 bits per heavy atom. The third kappa shape index (κ3) is 4.68. The van der Waals surface area contributed by atoms with Gasteiger partial charge in [0.25, 0.3) is 6.01 Å². The number of carbonyl (C=O) groups is 1. The van der Waals surface area contributed by atoms with Crippen LogP contribution in [0.2, 0.25) is 0 Å². The molecule has 1 atom stereocenters. The summed E-state index contributed by atoms with van der Waals surface area (Å²) in [6.07, 6.45) is 2.88. The molecule has 0 saturated heterocycles. The number of fused-ring (bicyclic) bond motifs is 1. The van der Waals surface area contributed by atoms with E-state index < -0.39 is 11.2 Å². The average molecular weight is 424 g/mol. The van der Waals surface area contributed by atoms with E-state index in [1.807, 2.05) is 32.0 Å². The number of nitrogen functional groups attached to an aromatic ring is 1. The highest BCUT2D eigenvalue weighted by Crippen LogP contribution is 2.24. The monoisotopic (exact) mass is 423 g/mol. The summed E-state index contributed by atoms with van der Waals surface area (Å²) in [6, 6.07) is 9.13. The Labute approximate surface area is 181 Å². The van der Waals surface area contributed by atoms with Gasteiger partial charge in [-0.25, -0.2) is 4.79 Å². The van der Waals surface area contributed by atoms with Crippen LogP contribution in [-0.2, 0) is 11.2 Å². The van der Waals surface area contributed by atoms with Gasteiger partial charge in [0.2, 0.25) is 5.91 Å². The van der Waals surface area contributed by atoms with Gasteiger partial charge in [-0.2, -0.15) is 4.98 Å². The quantitative estimate of drug-likeness (QED) is 0.535. The molecule has 31 heavy (non-hydrogen) atoms. The van der Waals surface area contributed by atoms with Gasteiger partial charge in [0.05, 0.1) is 10.9 Å². The van der Waals surface area contributed by atoms with Crippen LogP contribution in [0, 0.1) is 6.92 Å². The first-order valence-electron chi connectivity index (χ1n) is 10.5. The van der Waals surface area contributed by atoms with E-state index in [-0.39, 0.29) is 11.9 Å². The maximum atomic E-state index is 13.4. The molecule has 164 valence electrons. The highest BCUT2D eigenvalue weighted by atomic mass is 16.4. The van der Waals surface area contributed by atoms with Crippen molar-refractivity contribution in [3.05, 3.63) is 58.2 Å². The summed E-state index contributed by atoms with van der Waals surface area (Å²) < 4.78 is 5.40. The number of likely N-dealkylation sites (N-methyl/N-ethyl adjacent to an activating group) is 1. The van der Waals surface area contributed by atoms with Gasteiger partial charge >= 0.3 is 5.63 Å². The smallest absolute Gasteiger partial charge is 0.348 e. The number of aromatic nitrogens is 2. The van der Waals surface area contributed by atoms with Gasteiger partial charge in [0.1, 0.15) is 5.54 Å². The zero-order valence-corrected chi connectivity index (χ0v) is 18.4. The molecule has 1 aromatic carbocycles. The number of benzene rings is 1. The summed E-state index contributed by atoms with van der Waals surface area (Å²) in [5.74, 6) is -0.0912. The van der Waals surface area contributed by atoms with E-state index in [0.717, 1.165) is 5.69 Å². The van der Waals surface area contributed by atoms with Crippen LogP contribution in [0.1, 0.15) is 38.4 Å². The van der Waals surface area contributed by atoms with Gasteiger partial charge in [-0.1, -0.05) is 13.0 Å². The van der Waals surface area contributed by atoms with Crippen LogP contribution in [0.5, 0.6) is 0 Å². The molecule has 8 heteroatoms. The fourth-order valence-corrected chi connectivity index (χ4v) is 3.47. The lowest BCUT2D eigenvalue weighted by molar-refractivity contribution is -0.135. The van der Waals surface area contributed by atoms with E-state index in [2.05, 4.69) is 15.3 Å². The third-order valence-corrected chi connectivity index (χ3v) is 5.70. The van der Waals surface area contributed by atoms with Gasteiger partial charge < -0.3 is 20.4 Å². The molecule has 0 fully saturated rings. The molecule has 3 aromatic rings. The van der Waals surface area contributed by atoms with Crippen LogP contribution in [0.4, 0.5) is 11.7 Å². The number of amides is 1. The van der Waals surface area contributed by atoms with Crippen molar-refractivity contribution in [3.63, 3.8) is 0 Å². The molecule has 0 spiro atoms. The van der Waals surface area contributed by atoms with E-state index in [0.29, 0.717) is 48.1 Å². The Morgan fingerprint density at radius 2 is 2.03 bits per heavy atom. The highest BCUT2D eigenvalue weighted by molar-refractivity contribution is 5.89. The molecule has 0 aliphatic carbocycles. The van der Waals surface area contributed by atoms with Crippen molar-refractivity contribution < 1.29 is 9.21 Å². The largest absolute Gasteiger partial charge is 0.398 e. The lowest BCUT2D eigenvalue weighted by atomic mass is 9.96. The number of carbonyl (C=O) groups excluding carboxylic acids is 1. The third-order valence-electron chi connectivity index (χ3n) is 5.70. The first-order valence-corrected chi connectivity index (χ1v) is 10.5. The molecule has 8 nitrogen and oxygen atoms in total. The summed E-state index contributed by atoms with van der Waals surface area (Å²) in [4.78, 5) is 36.5. The summed E-state index contributed by atoms with van der Waals surface area (Å²) in [7, 11) is 0. The Bertz CT molecular complexity index is 1130. The van der Waals surface area contributed by atoms with E-state index in [9.17, 15) is 9.59 Å². The summed E-state index contributed by atoms with van der Waals surface area (Å²) in [6.45, 7) is 8.48. The number of nitrogens with one attached hydrogen (secondary N) is 1. The maximum Gasteiger partial charge on any atom is 0.348 e. The molecular weight excluding hydrogens is 394 g/mol. The first-order chi connectivity index (χ1) is 14.8. The van der Waals surface area contributed by atoms with E-state index in [1.54, 1.807) is 37.1 Å². The number of nitrogens with zero attached hydrogens (tertiary/aromatic N) is 3. The number of hydrogen-bond acceptors (Lipinski definition) is 7. The Balaban J connectivity index is 1.84. The molecule has 0 bridgehead atoms. The van der Waals surface area contributed by atoms with Gasteiger partial charge in [-0.3, -0.25) is 9.78 Å². The fourth-order valence-electron chi connectivity index (χ4n) is 3.47. The molecule has 3 N–H and O–H groups in total. The van der Waals surface area contributed by atoms with Gasteiger partial charge in [-0.15, -0.1) is 0 Å². The number of rotatable bonds is 8. The van der Waals surface area contributed by atoms with Gasteiger partial charge in [0.15, 0.2) is 0 Å². The second kappa shape index (κ2) is 9.16. The van der Waals surface area contributed by atoms with Crippen molar-refractivity contribution in [2.75, 3.05) is 24.1 Å². The Kier molecular flexibility index (Phi) is 6.58. The van der Waals surface area contributed by atoms with Crippen molar-refractivity contribution in [2.45, 2.75) is 46.1 Å². The molecule has 1 amide bonds. The Hall–Kier alpha value is -3.42. The van der Waals surface area contributed by atoms with Crippen molar-refractivity contribution in [1.82, 2.24) is 14.9 Å². The molecule has 1 unspecified atom stereocenters. The van der Waals surface area contributed by atoms with Gasteiger partial charge in [0, 0.05) is 37.1 Å². The molecule has 0 saturated carbocycles. The molecule has 2 aromatic heterocycles.